The van der Waals surface area contributed by atoms with Gasteiger partial charge in [0.05, 0.1) is 18.2 Å². The van der Waals surface area contributed by atoms with E-state index in [1.165, 1.54) is 4.90 Å². The van der Waals surface area contributed by atoms with E-state index in [2.05, 4.69) is 15.9 Å². The molecular formula is C25H20BrNO4. The van der Waals surface area contributed by atoms with Crippen LogP contribution in [0.2, 0.25) is 0 Å². The average Bonchev–Trinajstić information content (AvgIpc) is 3.06. The lowest BCUT2D eigenvalue weighted by molar-refractivity contribution is -0.132. The summed E-state index contributed by atoms with van der Waals surface area (Å²) in [6.07, 6.45) is 0. The summed E-state index contributed by atoms with van der Waals surface area (Å²) in [5.41, 5.74) is 1.81. The summed E-state index contributed by atoms with van der Waals surface area (Å²) in [5.74, 6) is -0.926. The fourth-order valence-corrected chi connectivity index (χ4v) is 3.94. The molecule has 31 heavy (non-hydrogen) atoms. The smallest absolute Gasteiger partial charge is 0.300 e. The van der Waals surface area contributed by atoms with Crippen molar-refractivity contribution in [3.63, 3.8) is 0 Å². The number of amides is 1. The lowest BCUT2D eigenvalue weighted by atomic mass is 9.95. The van der Waals surface area contributed by atoms with Crippen LogP contribution in [-0.2, 0) is 9.59 Å². The van der Waals surface area contributed by atoms with Crippen molar-refractivity contribution >= 4 is 39.1 Å². The predicted molar refractivity (Wildman–Crippen MR) is 123 cm³/mol. The molecule has 3 aromatic rings. The topological polar surface area (TPSA) is 66.8 Å². The van der Waals surface area contributed by atoms with E-state index in [0.29, 0.717) is 29.2 Å². The number of Topliss-reactive ketones (excluding diaryl/α,β-unsaturated/α-hetero) is 1. The van der Waals surface area contributed by atoms with E-state index in [4.69, 9.17) is 4.74 Å². The van der Waals surface area contributed by atoms with Crippen LogP contribution in [-0.4, -0.2) is 23.4 Å². The molecule has 1 aliphatic heterocycles. The molecule has 0 saturated carbocycles. The highest BCUT2D eigenvalue weighted by molar-refractivity contribution is 9.10. The van der Waals surface area contributed by atoms with Gasteiger partial charge in [-0.05, 0) is 48.9 Å². The fourth-order valence-electron chi connectivity index (χ4n) is 3.68. The van der Waals surface area contributed by atoms with Crippen molar-refractivity contribution in [3.8, 4) is 5.75 Å². The Kier molecular flexibility index (Phi) is 5.91. The summed E-state index contributed by atoms with van der Waals surface area (Å²) in [5, 5.41) is 11.0. The Morgan fingerprint density at radius 2 is 1.61 bits per heavy atom. The first-order valence-electron chi connectivity index (χ1n) is 9.86. The molecule has 1 fully saturated rings. The second-order valence-electron chi connectivity index (χ2n) is 7.01. The summed E-state index contributed by atoms with van der Waals surface area (Å²) in [4.78, 5) is 27.6. The minimum atomic E-state index is -0.758. The number of nitrogens with zero attached hydrogens (tertiary/aromatic N) is 1. The van der Waals surface area contributed by atoms with Crippen molar-refractivity contribution in [2.45, 2.75) is 13.0 Å². The van der Waals surface area contributed by atoms with E-state index in [-0.39, 0.29) is 11.3 Å². The molecular weight excluding hydrogens is 458 g/mol. The number of rotatable bonds is 5. The Bertz CT molecular complexity index is 1140. The summed E-state index contributed by atoms with van der Waals surface area (Å²) in [7, 11) is 0. The molecule has 1 aliphatic rings. The Labute approximate surface area is 188 Å². The zero-order valence-electron chi connectivity index (χ0n) is 16.8. The molecule has 0 spiro atoms. The van der Waals surface area contributed by atoms with Gasteiger partial charge in [-0.15, -0.1) is 0 Å². The van der Waals surface area contributed by atoms with E-state index < -0.39 is 17.7 Å². The number of aliphatic hydroxyl groups excluding tert-OH is 1. The van der Waals surface area contributed by atoms with Crippen molar-refractivity contribution in [2.24, 2.45) is 0 Å². The average molecular weight is 478 g/mol. The van der Waals surface area contributed by atoms with Crippen molar-refractivity contribution in [2.75, 3.05) is 11.5 Å². The molecule has 4 rings (SSSR count). The van der Waals surface area contributed by atoms with Crippen molar-refractivity contribution < 1.29 is 19.4 Å². The van der Waals surface area contributed by atoms with Gasteiger partial charge in [-0.25, -0.2) is 0 Å². The molecule has 1 unspecified atom stereocenters. The first-order valence-corrected chi connectivity index (χ1v) is 10.6. The van der Waals surface area contributed by atoms with Gasteiger partial charge in [0.15, 0.2) is 0 Å². The molecule has 156 valence electrons. The van der Waals surface area contributed by atoms with E-state index in [0.717, 1.165) is 4.47 Å². The molecule has 1 amide bonds. The van der Waals surface area contributed by atoms with Crippen molar-refractivity contribution in [1.82, 2.24) is 0 Å². The molecule has 0 radical (unpaired) electrons. The van der Waals surface area contributed by atoms with Crippen LogP contribution in [0.1, 0.15) is 24.1 Å². The molecule has 0 aromatic heterocycles. The molecule has 6 heteroatoms. The summed E-state index contributed by atoms with van der Waals surface area (Å²) >= 11 is 3.42. The Hall–Kier alpha value is -3.38. The van der Waals surface area contributed by atoms with Gasteiger partial charge in [-0.3, -0.25) is 14.5 Å². The van der Waals surface area contributed by atoms with Gasteiger partial charge in [0.2, 0.25) is 0 Å². The number of ether oxygens (including phenoxy) is 1. The number of carbonyl (C=O) groups is 2. The Morgan fingerprint density at radius 1 is 0.968 bits per heavy atom. The number of hydrogen-bond acceptors (Lipinski definition) is 4. The van der Waals surface area contributed by atoms with Gasteiger partial charge in [0, 0.05) is 15.7 Å². The second kappa shape index (κ2) is 8.78. The number of hydrogen-bond donors (Lipinski definition) is 1. The molecule has 3 aromatic carbocycles. The van der Waals surface area contributed by atoms with E-state index >= 15 is 0 Å². The van der Waals surface area contributed by atoms with Crippen LogP contribution in [0.25, 0.3) is 5.76 Å². The highest BCUT2D eigenvalue weighted by Crippen LogP contribution is 2.42. The third-order valence-electron chi connectivity index (χ3n) is 5.10. The Balaban J connectivity index is 1.88. The molecule has 0 aliphatic carbocycles. The molecule has 1 saturated heterocycles. The van der Waals surface area contributed by atoms with Crippen LogP contribution >= 0.6 is 15.9 Å². The predicted octanol–water partition coefficient (Wildman–Crippen LogP) is 5.47. The van der Waals surface area contributed by atoms with Crippen LogP contribution in [0.3, 0.4) is 0 Å². The summed E-state index contributed by atoms with van der Waals surface area (Å²) in [6.45, 7) is 2.42. The fraction of sp³-hybridized carbons (Fsp3) is 0.120. The normalized spacial score (nSPS) is 17.7. The third-order valence-corrected chi connectivity index (χ3v) is 5.63. The van der Waals surface area contributed by atoms with E-state index in [9.17, 15) is 14.7 Å². The number of carbonyl (C=O) groups excluding carboxylic acids is 2. The van der Waals surface area contributed by atoms with E-state index in [1.54, 1.807) is 48.5 Å². The highest BCUT2D eigenvalue weighted by atomic mass is 79.9. The molecule has 1 N–H and O–H groups in total. The molecule has 1 heterocycles. The van der Waals surface area contributed by atoms with Crippen LogP contribution in [0.5, 0.6) is 5.75 Å². The lowest BCUT2D eigenvalue weighted by Gasteiger charge is -2.25. The van der Waals surface area contributed by atoms with Gasteiger partial charge < -0.3 is 9.84 Å². The standard InChI is InChI=1S/C25H20BrNO4/c1-2-31-20-14-12-19(13-15-20)27-22(16-8-10-18(26)11-9-16)21(24(29)25(27)30)23(28)17-6-4-3-5-7-17/h3-15,22,28H,2H2,1H3/b23-21+. The number of ketones is 1. The van der Waals surface area contributed by atoms with Crippen molar-refractivity contribution in [1.29, 1.82) is 0 Å². The third kappa shape index (κ3) is 3.99. The highest BCUT2D eigenvalue weighted by Gasteiger charge is 2.46. The minimum Gasteiger partial charge on any atom is -0.507 e. The van der Waals surface area contributed by atoms with Gasteiger partial charge >= 0.3 is 0 Å². The number of benzene rings is 3. The maximum Gasteiger partial charge on any atom is 0.300 e. The maximum absolute atomic E-state index is 13.1. The second-order valence-corrected chi connectivity index (χ2v) is 7.93. The van der Waals surface area contributed by atoms with Gasteiger partial charge in [-0.1, -0.05) is 58.4 Å². The van der Waals surface area contributed by atoms with Gasteiger partial charge in [0.25, 0.3) is 11.7 Å². The first-order chi connectivity index (χ1) is 15.0. The minimum absolute atomic E-state index is 0.0624. The van der Waals surface area contributed by atoms with Crippen LogP contribution in [0.15, 0.2) is 88.9 Å². The maximum atomic E-state index is 13.1. The summed E-state index contributed by atoms with van der Waals surface area (Å²) in [6, 6.07) is 22.4. The zero-order valence-corrected chi connectivity index (χ0v) is 18.4. The molecule has 0 bridgehead atoms. The molecule has 1 atom stereocenters. The first kappa shape index (κ1) is 20.9. The monoisotopic (exact) mass is 477 g/mol. The molecule has 5 nitrogen and oxygen atoms in total. The van der Waals surface area contributed by atoms with E-state index in [1.807, 2.05) is 37.3 Å². The number of aliphatic hydroxyl groups is 1. The van der Waals surface area contributed by atoms with Crippen LogP contribution in [0.4, 0.5) is 5.69 Å². The van der Waals surface area contributed by atoms with Crippen LogP contribution in [0, 0.1) is 0 Å². The van der Waals surface area contributed by atoms with Crippen molar-refractivity contribution in [3.05, 3.63) is 100 Å². The quantitative estimate of drug-likeness (QED) is 0.300. The number of anilines is 1. The van der Waals surface area contributed by atoms with Gasteiger partial charge in [0.1, 0.15) is 11.5 Å². The zero-order chi connectivity index (χ0) is 22.0. The number of halogens is 1. The lowest BCUT2D eigenvalue weighted by Crippen LogP contribution is -2.29. The Morgan fingerprint density at radius 3 is 2.23 bits per heavy atom. The van der Waals surface area contributed by atoms with Crippen LogP contribution < -0.4 is 9.64 Å². The largest absolute Gasteiger partial charge is 0.507 e. The van der Waals surface area contributed by atoms with Gasteiger partial charge in [-0.2, -0.15) is 0 Å². The summed E-state index contributed by atoms with van der Waals surface area (Å²) < 4.78 is 6.36. The SMILES string of the molecule is CCOc1ccc(N2C(=O)C(=O)/C(=C(/O)c3ccccc3)C2c2ccc(Br)cc2)cc1.